The molecule has 0 N–H and O–H groups in total. The molecule has 1 aliphatic heterocycles. The number of ether oxygens (including phenoxy) is 1. The molecule has 1 aliphatic rings. The zero-order chi connectivity index (χ0) is 9.35. The molecule has 0 amide bonds. The van der Waals surface area contributed by atoms with Gasteiger partial charge in [0.05, 0.1) is 21.1 Å². The molecule has 0 aliphatic carbocycles. The lowest BCUT2D eigenvalue weighted by molar-refractivity contribution is -0.873. The molecule has 12 heavy (non-hydrogen) atoms. The van der Waals surface area contributed by atoms with Gasteiger partial charge in [-0.1, -0.05) is 6.10 Å². The summed E-state index contributed by atoms with van der Waals surface area (Å²) in [5, 5.41) is 11.2. The number of quaternary nitrogens is 1. The number of likely N-dealkylation sites (N-methyl/N-ethyl adjacent to an activating group) is 1. The Morgan fingerprint density at radius 2 is 2.00 bits per heavy atom. The van der Waals surface area contributed by atoms with Gasteiger partial charge >= 0.3 is 0 Å². The van der Waals surface area contributed by atoms with Crippen molar-refractivity contribution in [3.63, 3.8) is 0 Å². The maximum Gasteiger partial charge on any atom is 0.106 e. The molecule has 0 aromatic heterocycles. The lowest BCUT2D eigenvalue weighted by Gasteiger charge is -2.27. The van der Waals surface area contributed by atoms with Crippen LogP contribution in [0.5, 0.6) is 0 Å². The van der Waals surface area contributed by atoms with E-state index in [4.69, 9.17) is 4.74 Å². The highest BCUT2D eigenvalue weighted by atomic mass is 16.5. The first-order valence-corrected chi connectivity index (χ1v) is 4.50. The van der Waals surface area contributed by atoms with Crippen molar-refractivity contribution in [3.05, 3.63) is 0 Å². The summed E-state index contributed by atoms with van der Waals surface area (Å²) in [6, 6.07) is 0. The van der Waals surface area contributed by atoms with Gasteiger partial charge in [-0.15, -0.1) is 0 Å². The second-order valence-corrected chi connectivity index (χ2v) is 4.71. The van der Waals surface area contributed by atoms with E-state index in [9.17, 15) is 5.11 Å². The molecule has 0 unspecified atom stereocenters. The number of rotatable bonds is 2. The standard InChI is InChI=1S/C9H19NO2/c1-7-9(11)5-8(12-7)6-10(2,3)4/h7-9H,5-6H2,1-4H3/t7-,8-,9+/m0/s1. The van der Waals surface area contributed by atoms with Crippen LogP contribution < -0.4 is 5.11 Å². The van der Waals surface area contributed by atoms with Crippen molar-refractivity contribution in [2.75, 3.05) is 27.7 Å². The number of nitrogens with zero attached hydrogens (tertiary/aromatic N) is 1. The molecule has 1 fully saturated rings. The van der Waals surface area contributed by atoms with E-state index in [1.54, 1.807) is 0 Å². The summed E-state index contributed by atoms with van der Waals surface area (Å²) >= 11 is 0. The highest BCUT2D eigenvalue weighted by Gasteiger charge is 2.28. The van der Waals surface area contributed by atoms with Gasteiger partial charge in [-0.25, -0.2) is 0 Å². The molecular formula is C9H19NO2. The second kappa shape index (κ2) is 3.32. The Morgan fingerprint density at radius 1 is 1.42 bits per heavy atom. The lowest BCUT2D eigenvalue weighted by atomic mass is 10.1. The Morgan fingerprint density at radius 3 is 2.33 bits per heavy atom. The topological polar surface area (TPSA) is 32.3 Å². The van der Waals surface area contributed by atoms with Crippen molar-refractivity contribution in [1.29, 1.82) is 0 Å². The minimum atomic E-state index is -0.512. The van der Waals surface area contributed by atoms with Crippen LogP contribution in [-0.2, 0) is 4.74 Å². The van der Waals surface area contributed by atoms with Crippen LogP contribution in [0.1, 0.15) is 13.3 Å². The van der Waals surface area contributed by atoms with Gasteiger partial charge < -0.3 is 14.3 Å². The molecule has 3 nitrogen and oxygen atoms in total. The Hall–Kier alpha value is -0.120. The van der Waals surface area contributed by atoms with Gasteiger partial charge in [-0.2, -0.15) is 0 Å². The summed E-state index contributed by atoms with van der Waals surface area (Å²) in [4.78, 5) is 0. The fourth-order valence-electron chi connectivity index (χ4n) is 1.63. The van der Waals surface area contributed by atoms with E-state index in [1.165, 1.54) is 0 Å². The Bertz CT molecular complexity index is 143. The van der Waals surface area contributed by atoms with E-state index in [-0.39, 0.29) is 12.2 Å². The first kappa shape index (κ1) is 9.96. The molecule has 72 valence electrons. The van der Waals surface area contributed by atoms with Crippen molar-refractivity contribution in [3.8, 4) is 0 Å². The van der Waals surface area contributed by atoms with E-state index in [1.807, 2.05) is 6.92 Å². The largest absolute Gasteiger partial charge is 0.850 e. The molecule has 1 heterocycles. The van der Waals surface area contributed by atoms with Crippen molar-refractivity contribution in [2.45, 2.75) is 31.7 Å². The van der Waals surface area contributed by atoms with Gasteiger partial charge in [-0.3, -0.25) is 0 Å². The van der Waals surface area contributed by atoms with Crippen LogP contribution in [0.4, 0.5) is 0 Å². The highest BCUT2D eigenvalue weighted by Crippen LogP contribution is 2.19. The molecular weight excluding hydrogens is 154 g/mol. The van der Waals surface area contributed by atoms with Crippen LogP contribution in [-0.4, -0.2) is 50.5 Å². The van der Waals surface area contributed by atoms with Gasteiger partial charge in [0.2, 0.25) is 0 Å². The zero-order valence-corrected chi connectivity index (χ0v) is 8.41. The Labute approximate surface area is 74.5 Å². The minimum absolute atomic E-state index is 0.0958. The summed E-state index contributed by atoms with van der Waals surface area (Å²) < 4.78 is 6.39. The number of hydrogen-bond donors (Lipinski definition) is 0. The third-order valence-corrected chi connectivity index (χ3v) is 2.18. The summed E-state index contributed by atoms with van der Waals surface area (Å²) in [7, 11) is 6.35. The number of hydrogen-bond acceptors (Lipinski definition) is 2. The predicted octanol–water partition coefficient (Wildman–Crippen LogP) is -0.401. The fourth-order valence-corrected chi connectivity index (χ4v) is 1.63. The molecule has 0 radical (unpaired) electrons. The summed E-state index contributed by atoms with van der Waals surface area (Å²) in [6.45, 7) is 2.80. The van der Waals surface area contributed by atoms with Gasteiger partial charge in [0.15, 0.2) is 0 Å². The Kier molecular flexibility index (Phi) is 2.76. The molecule has 1 saturated heterocycles. The van der Waals surface area contributed by atoms with Crippen LogP contribution in [0.15, 0.2) is 0 Å². The van der Waals surface area contributed by atoms with Gasteiger partial charge in [0.1, 0.15) is 12.6 Å². The van der Waals surface area contributed by atoms with E-state index < -0.39 is 6.10 Å². The summed E-state index contributed by atoms with van der Waals surface area (Å²) in [5.41, 5.74) is 0. The molecule has 3 heteroatoms. The van der Waals surface area contributed by atoms with Crippen LogP contribution in [0.25, 0.3) is 0 Å². The average Bonchev–Trinajstić information content (AvgIpc) is 2.07. The lowest BCUT2D eigenvalue weighted by Crippen LogP contribution is -2.41. The van der Waals surface area contributed by atoms with Gasteiger partial charge in [0.25, 0.3) is 0 Å². The maximum atomic E-state index is 11.2. The van der Waals surface area contributed by atoms with Crippen LogP contribution in [0.3, 0.4) is 0 Å². The summed E-state index contributed by atoms with van der Waals surface area (Å²) in [6.07, 6.45) is 0.238. The van der Waals surface area contributed by atoms with Crippen LogP contribution >= 0.6 is 0 Å². The predicted molar refractivity (Wildman–Crippen MR) is 45.6 cm³/mol. The van der Waals surface area contributed by atoms with E-state index >= 15 is 0 Å². The first-order valence-electron chi connectivity index (χ1n) is 4.50. The van der Waals surface area contributed by atoms with Crippen molar-refractivity contribution in [2.24, 2.45) is 0 Å². The quantitative estimate of drug-likeness (QED) is 0.532. The highest BCUT2D eigenvalue weighted by molar-refractivity contribution is 4.77. The third kappa shape index (κ3) is 2.73. The molecule has 3 atom stereocenters. The van der Waals surface area contributed by atoms with Gasteiger partial charge in [0, 0.05) is 6.10 Å². The van der Waals surface area contributed by atoms with Crippen molar-refractivity contribution in [1.82, 2.24) is 0 Å². The molecule has 0 aromatic carbocycles. The van der Waals surface area contributed by atoms with Gasteiger partial charge in [-0.05, 0) is 13.3 Å². The van der Waals surface area contributed by atoms with Crippen LogP contribution in [0.2, 0.25) is 0 Å². The molecule has 0 aromatic rings. The van der Waals surface area contributed by atoms with E-state index in [2.05, 4.69) is 21.1 Å². The second-order valence-electron chi connectivity index (χ2n) is 4.71. The normalized spacial score (nSPS) is 37.2. The molecule has 0 bridgehead atoms. The van der Waals surface area contributed by atoms with E-state index in [0.717, 1.165) is 11.0 Å². The van der Waals surface area contributed by atoms with Crippen molar-refractivity contribution < 1.29 is 14.3 Å². The SMILES string of the molecule is C[C@@H]1O[C@H](C[N+](C)(C)C)C[C@H]1[O-]. The van der Waals surface area contributed by atoms with E-state index in [0.29, 0.717) is 6.42 Å². The average molecular weight is 173 g/mol. The maximum absolute atomic E-state index is 11.2. The third-order valence-electron chi connectivity index (χ3n) is 2.18. The van der Waals surface area contributed by atoms with Crippen molar-refractivity contribution >= 4 is 0 Å². The molecule has 0 saturated carbocycles. The first-order chi connectivity index (χ1) is 5.38. The smallest absolute Gasteiger partial charge is 0.106 e. The molecule has 0 spiro atoms. The Balaban J connectivity index is 2.38. The zero-order valence-electron chi connectivity index (χ0n) is 8.41. The summed E-state index contributed by atoms with van der Waals surface area (Å²) in [5.74, 6) is 0. The monoisotopic (exact) mass is 173 g/mol. The minimum Gasteiger partial charge on any atom is -0.850 e. The fraction of sp³-hybridized carbons (Fsp3) is 1.00. The van der Waals surface area contributed by atoms with Crippen LogP contribution in [0, 0.1) is 0 Å². The molecule has 1 rings (SSSR count).